The molecule has 2 nitrogen and oxygen atoms in total. The zero-order valence-electron chi connectivity index (χ0n) is 12.1. The molecule has 0 aliphatic rings. The molecule has 0 amide bonds. The van der Waals surface area contributed by atoms with Crippen LogP contribution in [0.25, 0.3) is 0 Å². The van der Waals surface area contributed by atoms with Crippen LogP contribution in [0.5, 0.6) is 5.75 Å². The van der Waals surface area contributed by atoms with Crippen LogP contribution in [0.1, 0.15) is 31.9 Å². The van der Waals surface area contributed by atoms with Crippen LogP contribution in [-0.2, 0) is 12.0 Å². The lowest BCUT2D eigenvalue weighted by Gasteiger charge is -2.19. The number of benzene rings is 2. The molecule has 2 aromatic carbocycles. The Hall–Kier alpha value is -1.48. The predicted molar refractivity (Wildman–Crippen MR) is 88.0 cm³/mol. The number of nitrogen functional groups attached to an aromatic ring is 1. The molecule has 0 atom stereocenters. The number of hydrogen-bond acceptors (Lipinski definition) is 2. The first kappa shape index (κ1) is 14.9. The van der Waals surface area contributed by atoms with Crippen LogP contribution < -0.4 is 10.5 Å². The average Bonchev–Trinajstić information content (AvgIpc) is 2.35. The average molecular weight is 334 g/mol. The van der Waals surface area contributed by atoms with Gasteiger partial charge in [0.2, 0.25) is 0 Å². The van der Waals surface area contributed by atoms with Crippen LogP contribution in [0.15, 0.2) is 46.9 Å². The Morgan fingerprint density at radius 3 is 2.25 bits per heavy atom. The summed E-state index contributed by atoms with van der Waals surface area (Å²) in [6.45, 7) is 7.12. The van der Waals surface area contributed by atoms with Crippen LogP contribution in [0.3, 0.4) is 0 Å². The van der Waals surface area contributed by atoms with E-state index in [2.05, 4.69) is 48.8 Å². The van der Waals surface area contributed by atoms with Crippen LogP contribution in [0.2, 0.25) is 0 Å². The van der Waals surface area contributed by atoms with Crippen molar-refractivity contribution in [2.45, 2.75) is 32.8 Å². The number of halogens is 1. The molecule has 2 aromatic rings. The SMILES string of the molecule is CC(C)(C)c1ccc(OCc2cc(N)cc(Br)c2)cc1. The van der Waals surface area contributed by atoms with E-state index in [4.69, 9.17) is 10.5 Å². The number of rotatable bonds is 3. The molecule has 0 saturated heterocycles. The van der Waals surface area contributed by atoms with Crippen molar-refractivity contribution in [2.75, 3.05) is 5.73 Å². The summed E-state index contributed by atoms with van der Waals surface area (Å²) in [5.41, 5.74) is 9.07. The zero-order valence-corrected chi connectivity index (χ0v) is 13.7. The highest BCUT2D eigenvalue weighted by atomic mass is 79.9. The Morgan fingerprint density at radius 2 is 1.70 bits per heavy atom. The molecule has 0 bridgehead atoms. The molecule has 0 fully saturated rings. The molecule has 0 aliphatic carbocycles. The second kappa shape index (κ2) is 5.88. The summed E-state index contributed by atoms with van der Waals surface area (Å²) in [6.07, 6.45) is 0. The minimum absolute atomic E-state index is 0.164. The second-order valence-electron chi connectivity index (χ2n) is 5.96. The van der Waals surface area contributed by atoms with Gasteiger partial charge in [-0.15, -0.1) is 0 Å². The monoisotopic (exact) mass is 333 g/mol. The zero-order chi connectivity index (χ0) is 14.8. The standard InChI is InChI=1S/C17H20BrNO/c1-17(2,3)13-4-6-16(7-5-13)20-11-12-8-14(18)10-15(19)9-12/h4-10H,11,19H2,1-3H3. The van der Waals surface area contributed by atoms with Crippen LogP contribution in [0, 0.1) is 0 Å². The van der Waals surface area contributed by atoms with Crippen molar-refractivity contribution in [3.8, 4) is 5.75 Å². The van der Waals surface area contributed by atoms with E-state index in [1.807, 2.05) is 30.3 Å². The summed E-state index contributed by atoms with van der Waals surface area (Å²) in [6, 6.07) is 14.1. The fraction of sp³-hybridized carbons (Fsp3) is 0.294. The Kier molecular flexibility index (Phi) is 4.39. The molecule has 0 radical (unpaired) electrons. The van der Waals surface area contributed by atoms with Gasteiger partial charge in [-0.2, -0.15) is 0 Å². The third-order valence-electron chi connectivity index (χ3n) is 3.11. The summed E-state index contributed by atoms with van der Waals surface area (Å²) in [5, 5.41) is 0. The predicted octanol–water partition coefficient (Wildman–Crippen LogP) is 4.91. The molecule has 0 aliphatic heterocycles. The van der Waals surface area contributed by atoms with Gasteiger partial charge in [0.1, 0.15) is 12.4 Å². The molecule has 2 N–H and O–H groups in total. The van der Waals surface area contributed by atoms with Crippen molar-refractivity contribution >= 4 is 21.6 Å². The van der Waals surface area contributed by atoms with E-state index >= 15 is 0 Å². The number of anilines is 1. The van der Waals surface area contributed by atoms with Gasteiger partial charge in [0, 0.05) is 10.2 Å². The Bertz CT molecular complexity index is 565. The highest BCUT2D eigenvalue weighted by molar-refractivity contribution is 9.10. The van der Waals surface area contributed by atoms with E-state index in [0.717, 1.165) is 21.5 Å². The molecule has 0 aromatic heterocycles. The molecule has 0 unspecified atom stereocenters. The Labute approximate surface area is 129 Å². The highest BCUT2D eigenvalue weighted by Crippen LogP contribution is 2.25. The van der Waals surface area contributed by atoms with Crippen molar-refractivity contribution < 1.29 is 4.74 Å². The number of ether oxygens (including phenoxy) is 1. The largest absolute Gasteiger partial charge is 0.489 e. The van der Waals surface area contributed by atoms with E-state index in [9.17, 15) is 0 Å². The van der Waals surface area contributed by atoms with E-state index < -0.39 is 0 Å². The second-order valence-corrected chi connectivity index (χ2v) is 6.87. The van der Waals surface area contributed by atoms with E-state index in [1.54, 1.807) is 0 Å². The van der Waals surface area contributed by atoms with Crippen molar-refractivity contribution in [1.82, 2.24) is 0 Å². The maximum atomic E-state index is 5.81. The van der Waals surface area contributed by atoms with Gasteiger partial charge in [0.05, 0.1) is 0 Å². The van der Waals surface area contributed by atoms with Gasteiger partial charge in [-0.1, -0.05) is 48.8 Å². The molecule has 3 heteroatoms. The Balaban J connectivity index is 2.04. The van der Waals surface area contributed by atoms with E-state index in [0.29, 0.717) is 6.61 Å². The van der Waals surface area contributed by atoms with Crippen molar-refractivity contribution in [3.63, 3.8) is 0 Å². The first-order chi connectivity index (χ1) is 9.34. The van der Waals surface area contributed by atoms with E-state index in [1.165, 1.54) is 5.56 Å². The maximum absolute atomic E-state index is 5.81. The van der Waals surface area contributed by atoms with Crippen molar-refractivity contribution in [1.29, 1.82) is 0 Å². The van der Waals surface area contributed by atoms with Crippen LogP contribution in [-0.4, -0.2) is 0 Å². The fourth-order valence-electron chi connectivity index (χ4n) is 1.98. The summed E-state index contributed by atoms with van der Waals surface area (Å²) in [4.78, 5) is 0. The molecule has 20 heavy (non-hydrogen) atoms. The smallest absolute Gasteiger partial charge is 0.119 e. The van der Waals surface area contributed by atoms with Gasteiger partial charge in [-0.05, 0) is 46.9 Å². The summed E-state index contributed by atoms with van der Waals surface area (Å²) < 4.78 is 6.76. The van der Waals surface area contributed by atoms with Gasteiger partial charge < -0.3 is 10.5 Å². The van der Waals surface area contributed by atoms with Gasteiger partial charge in [-0.25, -0.2) is 0 Å². The number of nitrogens with two attached hydrogens (primary N) is 1. The molecule has 106 valence electrons. The first-order valence-corrected chi connectivity index (χ1v) is 7.42. The van der Waals surface area contributed by atoms with Gasteiger partial charge >= 0.3 is 0 Å². The molecular weight excluding hydrogens is 314 g/mol. The lowest BCUT2D eigenvalue weighted by atomic mass is 9.87. The van der Waals surface area contributed by atoms with Gasteiger partial charge in [0.15, 0.2) is 0 Å². The summed E-state index contributed by atoms with van der Waals surface area (Å²) in [7, 11) is 0. The summed E-state index contributed by atoms with van der Waals surface area (Å²) in [5.74, 6) is 0.872. The first-order valence-electron chi connectivity index (χ1n) is 6.63. The minimum atomic E-state index is 0.164. The normalized spacial score (nSPS) is 11.4. The highest BCUT2D eigenvalue weighted by Gasteiger charge is 2.12. The van der Waals surface area contributed by atoms with Crippen LogP contribution in [0.4, 0.5) is 5.69 Å². The topological polar surface area (TPSA) is 35.2 Å². The van der Waals surface area contributed by atoms with Gasteiger partial charge in [0.25, 0.3) is 0 Å². The number of hydrogen-bond donors (Lipinski definition) is 1. The van der Waals surface area contributed by atoms with E-state index in [-0.39, 0.29) is 5.41 Å². The third-order valence-corrected chi connectivity index (χ3v) is 3.56. The van der Waals surface area contributed by atoms with Crippen LogP contribution >= 0.6 is 15.9 Å². The Morgan fingerprint density at radius 1 is 1.05 bits per heavy atom. The van der Waals surface area contributed by atoms with Gasteiger partial charge in [-0.3, -0.25) is 0 Å². The molecule has 0 heterocycles. The lowest BCUT2D eigenvalue weighted by Crippen LogP contribution is -2.10. The molecule has 2 rings (SSSR count). The quantitative estimate of drug-likeness (QED) is 0.810. The molecule has 0 spiro atoms. The molecular formula is C17H20BrNO. The fourth-order valence-corrected chi connectivity index (χ4v) is 2.53. The maximum Gasteiger partial charge on any atom is 0.119 e. The summed E-state index contributed by atoms with van der Waals surface area (Å²) >= 11 is 3.44. The lowest BCUT2D eigenvalue weighted by molar-refractivity contribution is 0.306. The minimum Gasteiger partial charge on any atom is -0.489 e. The van der Waals surface area contributed by atoms with Crippen molar-refractivity contribution in [2.24, 2.45) is 0 Å². The molecule has 0 saturated carbocycles. The van der Waals surface area contributed by atoms with Crippen molar-refractivity contribution in [3.05, 3.63) is 58.1 Å². The third kappa shape index (κ3) is 4.01.